The molecule has 0 aliphatic carbocycles. The largest absolute Gasteiger partial charge is 0.353 e. The lowest BCUT2D eigenvalue weighted by molar-refractivity contribution is -0.122. The number of hydrogen-bond donors (Lipinski definition) is 2. The zero-order chi connectivity index (χ0) is 10.5. The smallest absolute Gasteiger partial charge is 0.237 e. The van der Waals surface area contributed by atoms with Crippen molar-refractivity contribution in [3.8, 4) is 0 Å². The number of carbonyl (C=O) groups is 1. The molecule has 82 valence electrons. The molecule has 1 fully saturated rings. The fourth-order valence-corrected chi connectivity index (χ4v) is 1.68. The molecular weight excluding hydrogens is 194 g/mol. The first-order valence-corrected chi connectivity index (χ1v) is 5.21. The molecular formula is C9H15N5O. The van der Waals surface area contributed by atoms with Gasteiger partial charge in [-0.05, 0) is 19.4 Å². The molecule has 2 rings (SSSR count). The molecule has 0 aromatic carbocycles. The number of rotatable bonds is 4. The first-order chi connectivity index (χ1) is 7.36. The Balaban J connectivity index is 1.67. The maximum absolute atomic E-state index is 11.6. The van der Waals surface area contributed by atoms with Crippen LogP contribution in [-0.4, -0.2) is 40.0 Å². The van der Waals surface area contributed by atoms with Gasteiger partial charge < -0.3 is 10.6 Å². The molecule has 6 nitrogen and oxygen atoms in total. The van der Waals surface area contributed by atoms with Crippen LogP contribution in [0.4, 0.5) is 0 Å². The third kappa shape index (κ3) is 2.76. The van der Waals surface area contributed by atoms with Crippen molar-refractivity contribution in [2.75, 3.05) is 13.1 Å². The summed E-state index contributed by atoms with van der Waals surface area (Å²) in [6.07, 6.45) is 5.43. The van der Waals surface area contributed by atoms with Crippen molar-refractivity contribution in [1.29, 1.82) is 0 Å². The van der Waals surface area contributed by atoms with E-state index in [4.69, 9.17) is 0 Å². The summed E-state index contributed by atoms with van der Waals surface area (Å²) in [5.74, 6) is 0.0904. The van der Waals surface area contributed by atoms with Crippen molar-refractivity contribution in [2.45, 2.75) is 25.4 Å². The van der Waals surface area contributed by atoms with Gasteiger partial charge in [-0.25, -0.2) is 0 Å². The van der Waals surface area contributed by atoms with Crippen LogP contribution >= 0.6 is 0 Å². The molecule has 0 saturated carbocycles. The summed E-state index contributed by atoms with van der Waals surface area (Å²) in [4.78, 5) is 11.6. The van der Waals surface area contributed by atoms with E-state index in [1.807, 2.05) is 0 Å². The summed E-state index contributed by atoms with van der Waals surface area (Å²) in [6.45, 7) is 2.21. The lowest BCUT2D eigenvalue weighted by Crippen LogP contribution is -2.41. The fraction of sp³-hybridized carbons (Fsp3) is 0.667. The number of nitrogens with one attached hydrogen (secondary N) is 2. The minimum absolute atomic E-state index is 0.000691. The van der Waals surface area contributed by atoms with Crippen molar-refractivity contribution >= 4 is 5.91 Å². The van der Waals surface area contributed by atoms with Gasteiger partial charge in [0.15, 0.2) is 0 Å². The SMILES string of the molecule is O=C(NCCn1ccnn1)C1CCCN1. The van der Waals surface area contributed by atoms with E-state index >= 15 is 0 Å². The second-order valence-electron chi connectivity index (χ2n) is 3.61. The van der Waals surface area contributed by atoms with E-state index in [1.54, 1.807) is 17.1 Å². The molecule has 0 spiro atoms. The van der Waals surface area contributed by atoms with E-state index in [2.05, 4.69) is 20.9 Å². The van der Waals surface area contributed by atoms with Gasteiger partial charge in [0.25, 0.3) is 0 Å². The summed E-state index contributed by atoms with van der Waals surface area (Å²) in [7, 11) is 0. The summed E-state index contributed by atoms with van der Waals surface area (Å²) < 4.78 is 1.70. The first kappa shape index (κ1) is 10.1. The van der Waals surface area contributed by atoms with E-state index in [0.717, 1.165) is 19.4 Å². The molecule has 1 unspecified atom stereocenters. The Morgan fingerprint density at radius 2 is 2.60 bits per heavy atom. The third-order valence-electron chi connectivity index (χ3n) is 2.49. The summed E-state index contributed by atoms with van der Waals surface area (Å²) in [5, 5.41) is 13.5. The van der Waals surface area contributed by atoms with Crippen LogP contribution in [0.3, 0.4) is 0 Å². The molecule has 15 heavy (non-hydrogen) atoms. The summed E-state index contributed by atoms with van der Waals surface area (Å²) in [5.41, 5.74) is 0. The zero-order valence-electron chi connectivity index (χ0n) is 8.52. The first-order valence-electron chi connectivity index (χ1n) is 5.21. The number of amides is 1. The lowest BCUT2D eigenvalue weighted by atomic mass is 10.2. The van der Waals surface area contributed by atoms with Gasteiger partial charge in [-0.15, -0.1) is 5.10 Å². The average Bonchev–Trinajstić information content (AvgIpc) is 2.90. The van der Waals surface area contributed by atoms with Crippen molar-refractivity contribution < 1.29 is 4.79 Å². The standard InChI is InChI=1S/C9H15N5O/c15-9(8-2-1-3-10-8)11-4-6-14-7-5-12-13-14/h5,7-8,10H,1-4,6H2,(H,11,15). The molecule has 1 aromatic heterocycles. The quantitative estimate of drug-likeness (QED) is 0.677. The monoisotopic (exact) mass is 209 g/mol. The minimum Gasteiger partial charge on any atom is -0.353 e. The highest BCUT2D eigenvalue weighted by Crippen LogP contribution is 2.03. The predicted molar refractivity (Wildman–Crippen MR) is 54.1 cm³/mol. The normalized spacial score (nSPS) is 20.4. The molecule has 1 aliphatic heterocycles. The van der Waals surface area contributed by atoms with E-state index < -0.39 is 0 Å². The summed E-state index contributed by atoms with van der Waals surface area (Å²) >= 11 is 0. The van der Waals surface area contributed by atoms with Gasteiger partial charge in [0.1, 0.15) is 0 Å². The number of carbonyl (C=O) groups excluding carboxylic acids is 1. The van der Waals surface area contributed by atoms with Gasteiger partial charge >= 0.3 is 0 Å². The maximum atomic E-state index is 11.6. The fourth-order valence-electron chi connectivity index (χ4n) is 1.68. The predicted octanol–water partition coefficient (Wildman–Crippen LogP) is -0.854. The van der Waals surface area contributed by atoms with E-state index in [1.165, 1.54) is 0 Å². The van der Waals surface area contributed by atoms with Gasteiger partial charge in [-0.2, -0.15) is 0 Å². The van der Waals surface area contributed by atoms with Crippen LogP contribution in [0.1, 0.15) is 12.8 Å². The van der Waals surface area contributed by atoms with Crippen LogP contribution in [-0.2, 0) is 11.3 Å². The van der Waals surface area contributed by atoms with Crippen LogP contribution in [0.15, 0.2) is 12.4 Å². The van der Waals surface area contributed by atoms with Gasteiger partial charge in [0.05, 0.1) is 18.8 Å². The van der Waals surface area contributed by atoms with Crippen molar-refractivity contribution in [2.24, 2.45) is 0 Å². The van der Waals surface area contributed by atoms with E-state index in [0.29, 0.717) is 13.1 Å². The average molecular weight is 209 g/mol. The van der Waals surface area contributed by atoms with Crippen LogP contribution in [0.2, 0.25) is 0 Å². The maximum Gasteiger partial charge on any atom is 0.237 e. The number of nitrogens with zero attached hydrogens (tertiary/aromatic N) is 3. The molecule has 1 aliphatic rings. The van der Waals surface area contributed by atoms with Crippen LogP contribution in [0, 0.1) is 0 Å². The molecule has 1 saturated heterocycles. The van der Waals surface area contributed by atoms with Gasteiger partial charge in [-0.1, -0.05) is 5.21 Å². The summed E-state index contributed by atoms with van der Waals surface area (Å²) in [6, 6.07) is 0.000691. The van der Waals surface area contributed by atoms with Crippen LogP contribution in [0.5, 0.6) is 0 Å². The van der Waals surface area contributed by atoms with Gasteiger partial charge in [-0.3, -0.25) is 9.48 Å². The molecule has 2 heterocycles. The second-order valence-corrected chi connectivity index (χ2v) is 3.61. The third-order valence-corrected chi connectivity index (χ3v) is 2.49. The Labute approximate surface area is 88.0 Å². The lowest BCUT2D eigenvalue weighted by Gasteiger charge is -2.10. The van der Waals surface area contributed by atoms with Crippen molar-refractivity contribution in [1.82, 2.24) is 25.6 Å². The Morgan fingerprint density at radius 3 is 3.27 bits per heavy atom. The Hall–Kier alpha value is -1.43. The molecule has 6 heteroatoms. The van der Waals surface area contributed by atoms with Crippen LogP contribution < -0.4 is 10.6 Å². The van der Waals surface area contributed by atoms with E-state index in [-0.39, 0.29) is 11.9 Å². The molecule has 2 N–H and O–H groups in total. The topological polar surface area (TPSA) is 71.8 Å². The zero-order valence-corrected chi connectivity index (χ0v) is 8.52. The van der Waals surface area contributed by atoms with Gasteiger partial charge in [0, 0.05) is 12.7 Å². The Bertz CT molecular complexity index is 304. The minimum atomic E-state index is 0.000691. The number of aromatic nitrogens is 3. The van der Waals surface area contributed by atoms with Crippen LogP contribution in [0.25, 0.3) is 0 Å². The van der Waals surface area contributed by atoms with Crippen molar-refractivity contribution in [3.63, 3.8) is 0 Å². The van der Waals surface area contributed by atoms with E-state index in [9.17, 15) is 4.79 Å². The molecule has 1 amide bonds. The highest BCUT2D eigenvalue weighted by atomic mass is 16.2. The molecule has 0 radical (unpaired) electrons. The Morgan fingerprint density at radius 1 is 1.67 bits per heavy atom. The van der Waals surface area contributed by atoms with Crippen molar-refractivity contribution in [3.05, 3.63) is 12.4 Å². The second kappa shape index (κ2) is 4.88. The molecule has 1 atom stereocenters. The Kier molecular flexibility index (Phi) is 3.29. The highest BCUT2D eigenvalue weighted by molar-refractivity contribution is 5.81. The number of hydrogen-bond acceptors (Lipinski definition) is 4. The highest BCUT2D eigenvalue weighted by Gasteiger charge is 2.21. The molecule has 1 aromatic rings. The molecule has 0 bridgehead atoms. The van der Waals surface area contributed by atoms with Gasteiger partial charge in [0.2, 0.25) is 5.91 Å².